The molecule has 0 fully saturated rings. The monoisotopic (exact) mass is 394 g/mol. The van der Waals surface area contributed by atoms with Gasteiger partial charge in [0.15, 0.2) is 0 Å². The van der Waals surface area contributed by atoms with Gasteiger partial charge in [0.2, 0.25) is 5.91 Å². The Labute approximate surface area is 164 Å². The maximum absolute atomic E-state index is 11.7. The van der Waals surface area contributed by atoms with Crippen molar-refractivity contribution in [1.29, 1.82) is 0 Å². The average molecular weight is 395 g/mol. The van der Waals surface area contributed by atoms with Gasteiger partial charge in [0.1, 0.15) is 5.75 Å². The Morgan fingerprint density at radius 1 is 1.12 bits per heavy atom. The van der Waals surface area contributed by atoms with E-state index in [2.05, 4.69) is 10.6 Å². The fraction of sp³-hybridized carbons (Fsp3) is 0.350. The summed E-state index contributed by atoms with van der Waals surface area (Å²) in [5.41, 5.74) is 2.59. The normalized spacial score (nSPS) is 10.7. The minimum absolute atomic E-state index is 0.00278. The van der Waals surface area contributed by atoms with Gasteiger partial charge in [0.25, 0.3) is 0 Å². The quantitative estimate of drug-likeness (QED) is 0.577. The number of anilines is 2. The largest absolute Gasteiger partial charge is 0.492 e. The summed E-state index contributed by atoms with van der Waals surface area (Å²) >= 11 is 12.4. The van der Waals surface area contributed by atoms with E-state index in [1.54, 1.807) is 6.07 Å². The molecule has 0 bridgehead atoms. The van der Waals surface area contributed by atoms with Crippen LogP contribution in [0.15, 0.2) is 36.4 Å². The fourth-order valence-electron chi connectivity index (χ4n) is 2.27. The highest BCUT2D eigenvalue weighted by Gasteiger charge is 2.11. The molecule has 2 N–H and O–H groups in total. The van der Waals surface area contributed by atoms with Gasteiger partial charge in [-0.1, -0.05) is 44.0 Å². The molecule has 0 aliphatic rings. The lowest BCUT2D eigenvalue weighted by Crippen LogP contribution is -2.17. The molecule has 0 saturated carbocycles. The topological polar surface area (TPSA) is 50.4 Å². The second kappa shape index (κ2) is 9.70. The highest BCUT2D eigenvalue weighted by Crippen LogP contribution is 2.33. The lowest BCUT2D eigenvalue weighted by molar-refractivity contribution is -0.118. The number of amides is 1. The molecule has 1 amide bonds. The second-order valence-corrected chi connectivity index (χ2v) is 7.14. The second-order valence-electron chi connectivity index (χ2n) is 6.30. The maximum Gasteiger partial charge on any atom is 0.226 e. The number of hydrogen-bond acceptors (Lipinski definition) is 3. The molecule has 4 nitrogen and oxygen atoms in total. The third-order valence-corrected chi connectivity index (χ3v) is 4.19. The molecule has 2 aromatic rings. The first-order valence-corrected chi connectivity index (χ1v) is 9.41. The Hall–Kier alpha value is -1.91. The number of halogens is 2. The van der Waals surface area contributed by atoms with Gasteiger partial charge in [0, 0.05) is 34.4 Å². The van der Waals surface area contributed by atoms with Crippen LogP contribution in [0.25, 0.3) is 0 Å². The first-order chi connectivity index (χ1) is 12.4. The highest BCUT2D eigenvalue weighted by molar-refractivity contribution is 6.35. The number of ether oxygens (including phenoxy) is 1. The standard InChI is InChI=1S/C20H24Cl2N2O2/c1-4-9-26-19-14(10-15(21)11-18(19)22)12-23-16-5-7-17(8-6-16)24-20(25)13(2)3/h5-8,10-11,13,23H,4,9,12H2,1-3H3,(H,24,25). The Balaban J connectivity index is 2.05. The van der Waals surface area contributed by atoms with Crippen LogP contribution in [0.3, 0.4) is 0 Å². The highest BCUT2D eigenvalue weighted by atomic mass is 35.5. The van der Waals surface area contributed by atoms with Crippen molar-refractivity contribution in [1.82, 2.24) is 0 Å². The lowest BCUT2D eigenvalue weighted by Gasteiger charge is -2.15. The number of nitrogens with one attached hydrogen (secondary N) is 2. The lowest BCUT2D eigenvalue weighted by atomic mass is 10.2. The SMILES string of the molecule is CCCOc1c(Cl)cc(Cl)cc1CNc1ccc(NC(=O)C(C)C)cc1. The molecular weight excluding hydrogens is 371 g/mol. The number of rotatable bonds is 8. The van der Waals surface area contributed by atoms with E-state index in [4.69, 9.17) is 27.9 Å². The zero-order valence-electron chi connectivity index (χ0n) is 15.2. The van der Waals surface area contributed by atoms with Gasteiger partial charge < -0.3 is 15.4 Å². The summed E-state index contributed by atoms with van der Waals surface area (Å²) in [4.78, 5) is 11.7. The summed E-state index contributed by atoms with van der Waals surface area (Å²) in [5, 5.41) is 7.27. The summed E-state index contributed by atoms with van der Waals surface area (Å²) in [5.74, 6) is 0.602. The predicted octanol–water partition coefficient (Wildman–Crippen LogP) is 5.99. The van der Waals surface area contributed by atoms with E-state index in [1.165, 1.54) is 0 Å². The summed E-state index contributed by atoms with van der Waals surface area (Å²) in [7, 11) is 0. The molecule has 0 spiro atoms. The number of benzene rings is 2. The van der Waals surface area contributed by atoms with Gasteiger partial charge in [0.05, 0.1) is 11.6 Å². The molecule has 0 radical (unpaired) electrons. The van der Waals surface area contributed by atoms with Crippen LogP contribution < -0.4 is 15.4 Å². The van der Waals surface area contributed by atoms with Crippen molar-refractivity contribution in [3.8, 4) is 5.75 Å². The molecule has 2 aromatic carbocycles. The van der Waals surface area contributed by atoms with Gasteiger partial charge in [-0.2, -0.15) is 0 Å². The molecule has 0 aliphatic heterocycles. The van der Waals surface area contributed by atoms with Gasteiger partial charge in [-0.25, -0.2) is 0 Å². The zero-order chi connectivity index (χ0) is 19.1. The molecule has 140 valence electrons. The van der Waals surface area contributed by atoms with E-state index in [0.29, 0.717) is 28.9 Å². The van der Waals surface area contributed by atoms with Crippen molar-refractivity contribution in [2.24, 2.45) is 5.92 Å². The van der Waals surface area contributed by atoms with Crippen molar-refractivity contribution >= 4 is 40.5 Å². The third-order valence-electron chi connectivity index (χ3n) is 3.70. The van der Waals surface area contributed by atoms with Gasteiger partial charge in [-0.3, -0.25) is 4.79 Å². The zero-order valence-corrected chi connectivity index (χ0v) is 16.7. The van der Waals surface area contributed by atoms with E-state index in [9.17, 15) is 4.79 Å². The van der Waals surface area contributed by atoms with Crippen LogP contribution in [0.1, 0.15) is 32.8 Å². The van der Waals surface area contributed by atoms with E-state index in [0.717, 1.165) is 23.4 Å². The van der Waals surface area contributed by atoms with Crippen LogP contribution >= 0.6 is 23.2 Å². The summed E-state index contributed by atoms with van der Waals surface area (Å²) in [6.45, 7) is 6.89. The average Bonchev–Trinajstić information content (AvgIpc) is 2.60. The van der Waals surface area contributed by atoms with Crippen LogP contribution in [-0.2, 0) is 11.3 Å². The minimum Gasteiger partial charge on any atom is -0.492 e. The maximum atomic E-state index is 11.7. The molecule has 0 atom stereocenters. The summed E-state index contributed by atoms with van der Waals surface area (Å²) in [6.07, 6.45) is 0.898. The van der Waals surface area contributed by atoms with E-state index < -0.39 is 0 Å². The Kier molecular flexibility index (Phi) is 7.61. The molecule has 0 aromatic heterocycles. The fourth-order valence-corrected chi connectivity index (χ4v) is 2.86. The smallest absolute Gasteiger partial charge is 0.226 e. The Bertz CT molecular complexity index is 746. The van der Waals surface area contributed by atoms with Gasteiger partial charge in [-0.15, -0.1) is 0 Å². The van der Waals surface area contributed by atoms with Crippen molar-refractivity contribution in [3.63, 3.8) is 0 Å². The van der Waals surface area contributed by atoms with Gasteiger partial charge >= 0.3 is 0 Å². The molecule has 26 heavy (non-hydrogen) atoms. The molecule has 0 saturated heterocycles. The number of carbonyl (C=O) groups is 1. The summed E-state index contributed by atoms with van der Waals surface area (Å²) < 4.78 is 5.77. The van der Waals surface area contributed by atoms with Crippen LogP contribution in [0.5, 0.6) is 5.75 Å². The first kappa shape index (κ1) is 20.4. The molecule has 0 heterocycles. The Morgan fingerprint density at radius 3 is 2.38 bits per heavy atom. The van der Waals surface area contributed by atoms with Gasteiger partial charge in [-0.05, 0) is 42.8 Å². The molecule has 6 heteroatoms. The molecule has 2 rings (SSSR count). The first-order valence-electron chi connectivity index (χ1n) is 8.66. The molecular formula is C20H24Cl2N2O2. The third kappa shape index (κ3) is 5.82. The van der Waals surface area contributed by atoms with Crippen molar-refractivity contribution in [2.75, 3.05) is 17.2 Å². The van der Waals surface area contributed by atoms with E-state index in [-0.39, 0.29) is 11.8 Å². The molecule has 0 unspecified atom stereocenters. The van der Waals surface area contributed by atoms with Crippen molar-refractivity contribution < 1.29 is 9.53 Å². The number of carbonyl (C=O) groups excluding carboxylic acids is 1. The van der Waals surface area contributed by atoms with Crippen LogP contribution in [0, 0.1) is 5.92 Å². The minimum atomic E-state index is -0.0538. The van der Waals surface area contributed by atoms with Crippen LogP contribution in [0.4, 0.5) is 11.4 Å². The predicted molar refractivity (Wildman–Crippen MR) is 109 cm³/mol. The number of hydrogen-bond donors (Lipinski definition) is 2. The molecule has 0 aliphatic carbocycles. The van der Waals surface area contributed by atoms with E-state index in [1.807, 2.05) is 51.1 Å². The summed E-state index contributed by atoms with van der Waals surface area (Å²) in [6, 6.07) is 11.1. The van der Waals surface area contributed by atoms with Crippen molar-refractivity contribution in [3.05, 3.63) is 52.0 Å². The van der Waals surface area contributed by atoms with Crippen LogP contribution in [0.2, 0.25) is 10.0 Å². The van der Waals surface area contributed by atoms with Crippen LogP contribution in [-0.4, -0.2) is 12.5 Å². The van der Waals surface area contributed by atoms with E-state index >= 15 is 0 Å². The van der Waals surface area contributed by atoms with Crippen molar-refractivity contribution in [2.45, 2.75) is 33.7 Å². The Morgan fingerprint density at radius 2 is 1.77 bits per heavy atom.